The zero-order valence-corrected chi connectivity index (χ0v) is 15.8. The van der Waals surface area contributed by atoms with Gasteiger partial charge >= 0.3 is 0 Å². The molecule has 5 heterocycles. The first-order valence-electron chi connectivity index (χ1n) is 9.34. The largest absolute Gasteiger partial charge is 0.508 e. The van der Waals surface area contributed by atoms with Crippen molar-refractivity contribution < 1.29 is 9.50 Å². The van der Waals surface area contributed by atoms with E-state index in [-0.39, 0.29) is 5.75 Å². The molecular weight excluding hydrogens is 399 g/mol. The van der Waals surface area contributed by atoms with Gasteiger partial charge in [0.2, 0.25) is 0 Å². The summed E-state index contributed by atoms with van der Waals surface area (Å²) in [5.74, 6) is -0.192. The number of fused-ring (bicyclic) bond motifs is 2. The number of aromatic hydroxyl groups is 1. The average Bonchev–Trinajstić information content (AvgIpc) is 3.50. The summed E-state index contributed by atoms with van der Waals surface area (Å²) in [5, 5.41) is 24.6. The van der Waals surface area contributed by atoms with Gasteiger partial charge in [0.25, 0.3) is 0 Å². The number of halogens is 1. The quantitative estimate of drug-likeness (QED) is 0.350. The molecule has 0 aliphatic rings. The summed E-state index contributed by atoms with van der Waals surface area (Å²) in [6.07, 6.45) is 6.84. The lowest BCUT2D eigenvalue weighted by Crippen LogP contribution is -1.87. The second kappa shape index (κ2) is 6.46. The first-order chi connectivity index (χ1) is 15.2. The normalized spacial score (nSPS) is 11.5. The highest BCUT2D eigenvalue weighted by Gasteiger charge is 2.17. The Bertz CT molecular complexity index is 1550. The number of imidazole rings is 1. The fourth-order valence-corrected chi connectivity index (χ4v) is 3.62. The molecule has 0 unspecified atom stereocenters. The van der Waals surface area contributed by atoms with E-state index in [2.05, 4.69) is 35.3 Å². The van der Waals surface area contributed by atoms with E-state index in [1.807, 2.05) is 6.07 Å². The number of phenolic OH excluding ortho intramolecular Hbond substituents is 1. The maximum atomic E-state index is 13.8. The molecule has 0 atom stereocenters. The molecule has 10 heteroatoms. The molecule has 6 aromatic rings. The van der Waals surface area contributed by atoms with Gasteiger partial charge in [-0.15, -0.1) is 0 Å². The van der Waals surface area contributed by atoms with Gasteiger partial charge in [-0.2, -0.15) is 10.2 Å². The molecule has 0 aliphatic carbocycles. The molecule has 0 saturated carbocycles. The van der Waals surface area contributed by atoms with Gasteiger partial charge in [-0.25, -0.2) is 14.4 Å². The van der Waals surface area contributed by atoms with E-state index in [1.165, 1.54) is 12.1 Å². The van der Waals surface area contributed by atoms with E-state index in [4.69, 9.17) is 4.98 Å². The van der Waals surface area contributed by atoms with Crippen LogP contribution in [-0.2, 0) is 0 Å². The molecule has 0 radical (unpaired) electrons. The van der Waals surface area contributed by atoms with E-state index in [9.17, 15) is 9.50 Å². The number of H-pyrrole nitrogens is 3. The Morgan fingerprint density at radius 3 is 2.74 bits per heavy atom. The number of aromatic amines is 3. The van der Waals surface area contributed by atoms with Crippen LogP contribution in [0.4, 0.5) is 4.39 Å². The van der Waals surface area contributed by atoms with Crippen LogP contribution >= 0.6 is 0 Å². The Labute approximate surface area is 173 Å². The van der Waals surface area contributed by atoms with Crippen LogP contribution in [0.1, 0.15) is 0 Å². The van der Waals surface area contributed by atoms with Crippen molar-refractivity contribution in [3.63, 3.8) is 0 Å². The summed E-state index contributed by atoms with van der Waals surface area (Å²) in [5.41, 5.74) is 5.15. The van der Waals surface area contributed by atoms with Crippen molar-refractivity contribution in [3.05, 3.63) is 60.9 Å². The first-order valence-corrected chi connectivity index (χ1v) is 9.34. The van der Waals surface area contributed by atoms with Gasteiger partial charge in [-0.3, -0.25) is 15.2 Å². The van der Waals surface area contributed by atoms with Gasteiger partial charge in [0.1, 0.15) is 22.8 Å². The Kier molecular flexibility index (Phi) is 3.60. The van der Waals surface area contributed by atoms with Crippen LogP contribution in [0.5, 0.6) is 5.75 Å². The Morgan fingerprint density at radius 2 is 1.90 bits per heavy atom. The zero-order valence-electron chi connectivity index (χ0n) is 15.8. The van der Waals surface area contributed by atoms with Crippen molar-refractivity contribution in [2.45, 2.75) is 0 Å². The minimum absolute atomic E-state index is 0.179. The average molecular weight is 412 g/mol. The summed E-state index contributed by atoms with van der Waals surface area (Å²) < 4.78 is 13.8. The van der Waals surface area contributed by atoms with Gasteiger partial charge in [0.05, 0.1) is 22.8 Å². The van der Waals surface area contributed by atoms with Crippen molar-refractivity contribution in [2.75, 3.05) is 0 Å². The number of nitrogens with zero attached hydrogens (tertiary/aromatic N) is 5. The number of phenols is 1. The fraction of sp³-hybridized carbons (Fsp3) is 0. The lowest BCUT2D eigenvalue weighted by Gasteiger charge is -2.03. The highest BCUT2D eigenvalue weighted by Crippen LogP contribution is 2.32. The first kappa shape index (κ1) is 17.3. The predicted molar refractivity (Wildman–Crippen MR) is 111 cm³/mol. The molecule has 31 heavy (non-hydrogen) atoms. The molecule has 5 aromatic heterocycles. The Balaban J connectivity index is 1.53. The molecule has 9 nitrogen and oxygen atoms in total. The molecule has 1 aromatic carbocycles. The maximum absolute atomic E-state index is 13.8. The minimum Gasteiger partial charge on any atom is -0.508 e. The SMILES string of the molecule is Oc1cc(F)cc(-c2nccc3[nH]c(-c4[nH]nc5ncc(-c6cn[nH]c6)cc45)nc23)c1. The summed E-state index contributed by atoms with van der Waals surface area (Å²) in [4.78, 5) is 16.7. The van der Waals surface area contributed by atoms with Crippen LogP contribution in [0.15, 0.2) is 55.1 Å². The molecule has 0 spiro atoms. The molecule has 150 valence electrons. The molecule has 6 rings (SSSR count). The summed E-state index contributed by atoms with van der Waals surface area (Å²) in [6.45, 7) is 0. The topological polar surface area (TPSA) is 132 Å². The number of pyridine rings is 2. The van der Waals surface area contributed by atoms with Gasteiger partial charge < -0.3 is 10.1 Å². The van der Waals surface area contributed by atoms with Crippen molar-refractivity contribution in [1.82, 2.24) is 40.3 Å². The van der Waals surface area contributed by atoms with E-state index >= 15 is 0 Å². The van der Waals surface area contributed by atoms with Crippen LogP contribution in [0.25, 0.3) is 56.0 Å². The molecule has 0 saturated heterocycles. The smallest absolute Gasteiger partial charge is 0.181 e. The van der Waals surface area contributed by atoms with Gasteiger partial charge in [0, 0.05) is 41.3 Å². The predicted octanol–water partition coefficient (Wildman–Crippen LogP) is 3.80. The number of benzene rings is 1. The molecule has 4 N–H and O–H groups in total. The van der Waals surface area contributed by atoms with Crippen LogP contribution < -0.4 is 0 Å². The third-order valence-electron chi connectivity index (χ3n) is 5.03. The van der Waals surface area contributed by atoms with Gasteiger partial charge in [-0.1, -0.05) is 0 Å². The number of rotatable bonds is 3. The summed E-state index contributed by atoms with van der Waals surface area (Å²) in [6, 6.07) is 7.54. The second-order valence-electron chi connectivity index (χ2n) is 7.02. The van der Waals surface area contributed by atoms with Gasteiger partial charge in [-0.05, 0) is 24.3 Å². The van der Waals surface area contributed by atoms with E-state index in [0.717, 1.165) is 22.6 Å². The van der Waals surface area contributed by atoms with Crippen LogP contribution in [0.2, 0.25) is 0 Å². The van der Waals surface area contributed by atoms with E-state index in [0.29, 0.717) is 39.5 Å². The molecule has 0 fully saturated rings. The highest BCUT2D eigenvalue weighted by molar-refractivity contribution is 5.96. The highest BCUT2D eigenvalue weighted by atomic mass is 19.1. The number of hydrogen-bond donors (Lipinski definition) is 4. The molecule has 0 bridgehead atoms. The summed E-state index contributed by atoms with van der Waals surface area (Å²) >= 11 is 0. The van der Waals surface area contributed by atoms with Gasteiger partial charge in [0.15, 0.2) is 11.5 Å². The third kappa shape index (κ3) is 2.81. The zero-order chi connectivity index (χ0) is 20.9. The lowest BCUT2D eigenvalue weighted by atomic mass is 10.1. The van der Waals surface area contributed by atoms with Crippen molar-refractivity contribution in [3.8, 4) is 39.7 Å². The Hall–Kier alpha value is -4.60. The number of aromatic nitrogens is 8. The summed E-state index contributed by atoms with van der Waals surface area (Å²) in [7, 11) is 0. The second-order valence-corrected chi connectivity index (χ2v) is 7.02. The van der Waals surface area contributed by atoms with Crippen LogP contribution in [0, 0.1) is 5.82 Å². The fourth-order valence-electron chi connectivity index (χ4n) is 3.62. The monoisotopic (exact) mass is 412 g/mol. The van der Waals surface area contributed by atoms with Crippen molar-refractivity contribution in [2.24, 2.45) is 0 Å². The Morgan fingerprint density at radius 1 is 0.968 bits per heavy atom. The lowest BCUT2D eigenvalue weighted by molar-refractivity contribution is 0.469. The molecule has 0 amide bonds. The minimum atomic E-state index is -0.554. The standard InChI is InChI=1S/C21H13FN8O/c22-13-3-10(4-14(31)6-13)17-19-16(1-2-23-17)27-21(28-19)18-15-5-11(12-8-25-26-9-12)7-24-20(15)30-29-18/h1-9,31H,(H,25,26)(H,27,28)(H,24,29,30). The van der Waals surface area contributed by atoms with E-state index < -0.39 is 5.82 Å². The van der Waals surface area contributed by atoms with E-state index in [1.54, 1.807) is 30.9 Å². The number of hydrogen-bond acceptors (Lipinski definition) is 6. The number of nitrogens with one attached hydrogen (secondary N) is 3. The third-order valence-corrected chi connectivity index (χ3v) is 5.03. The van der Waals surface area contributed by atoms with Crippen LogP contribution in [0.3, 0.4) is 0 Å². The van der Waals surface area contributed by atoms with Crippen molar-refractivity contribution >= 4 is 22.1 Å². The maximum Gasteiger partial charge on any atom is 0.181 e. The van der Waals surface area contributed by atoms with Crippen molar-refractivity contribution in [1.29, 1.82) is 0 Å². The molecular formula is C21H13FN8O. The van der Waals surface area contributed by atoms with Crippen LogP contribution in [-0.4, -0.2) is 45.4 Å². The molecule has 0 aliphatic heterocycles.